The van der Waals surface area contributed by atoms with E-state index in [0.29, 0.717) is 9.35 Å². The average Bonchev–Trinajstić information content (AvgIpc) is 2.63. The van der Waals surface area contributed by atoms with Crippen LogP contribution in [0.15, 0.2) is 34.1 Å². The first kappa shape index (κ1) is 11.8. The first-order valence-electron chi connectivity index (χ1n) is 4.32. The van der Waals surface area contributed by atoms with Crippen LogP contribution < -0.4 is 0 Å². The molecule has 16 heavy (non-hydrogen) atoms. The maximum Gasteiger partial charge on any atom is 0.207 e. The largest absolute Gasteiger partial charge is 0.288 e. The summed E-state index contributed by atoms with van der Waals surface area (Å²) in [5.74, 6) is -0.936. The zero-order valence-corrected chi connectivity index (χ0v) is 11.0. The van der Waals surface area contributed by atoms with Crippen molar-refractivity contribution in [2.45, 2.75) is 0 Å². The van der Waals surface area contributed by atoms with Crippen molar-refractivity contribution in [3.8, 4) is 0 Å². The molecule has 2 aromatic rings. The summed E-state index contributed by atoms with van der Waals surface area (Å²) < 4.78 is 14.2. The lowest BCUT2D eigenvalue weighted by atomic mass is 10.1. The Kier molecular flexibility index (Phi) is 3.42. The van der Waals surface area contributed by atoms with Gasteiger partial charge in [0.05, 0.1) is 10.4 Å². The number of benzene rings is 1. The van der Waals surface area contributed by atoms with Crippen molar-refractivity contribution in [3.63, 3.8) is 0 Å². The van der Waals surface area contributed by atoms with E-state index in [1.54, 1.807) is 11.4 Å². The Morgan fingerprint density at radius 1 is 1.38 bits per heavy atom. The van der Waals surface area contributed by atoms with E-state index in [1.165, 1.54) is 23.5 Å². The molecule has 0 unspecified atom stereocenters. The van der Waals surface area contributed by atoms with Crippen LogP contribution in [0.1, 0.15) is 15.2 Å². The van der Waals surface area contributed by atoms with Crippen LogP contribution in [-0.2, 0) is 0 Å². The summed E-state index contributed by atoms with van der Waals surface area (Å²) in [5.41, 5.74) is 0.0348. The van der Waals surface area contributed by atoms with Crippen LogP contribution in [-0.4, -0.2) is 5.78 Å². The van der Waals surface area contributed by atoms with E-state index in [4.69, 9.17) is 11.6 Å². The van der Waals surface area contributed by atoms with E-state index in [1.807, 2.05) is 0 Å². The molecule has 0 spiro atoms. The highest BCUT2D eigenvalue weighted by Crippen LogP contribution is 2.27. The van der Waals surface area contributed by atoms with Crippen LogP contribution in [0.25, 0.3) is 0 Å². The summed E-state index contributed by atoms with van der Waals surface area (Å²) in [6, 6.07) is 5.79. The molecule has 0 aliphatic rings. The lowest BCUT2D eigenvalue weighted by Gasteiger charge is -2.01. The zero-order valence-electron chi connectivity index (χ0n) is 7.84. The number of ketones is 1. The lowest BCUT2D eigenvalue weighted by molar-refractivity contribution is 0.103. The molecule has 5 heteroatoms. The minimum Gasteiger partial charge on any atom is -0.288 e. The van der Waals surface area contributed by atoms with Gasteiger partial charge in [-0.1, -0.05) is 11.6 Å². The van der Waals surface area contributed by atoms with Gasteiger partial charge in [0.1, 0.15) is 5.82 Å². The fourth-order valence-corrected chi connectivity index (χ4v) is 2.92. The summed E-state index contributed by atoms with van der Waals surface area (Å²) in [6.45, 7) is 0. The summed E-state index contributed by atoms with van der Waals surface area (Å²) in [7, 11) is 0. The molecule has 0 radical (unpaired) electrons. The number of hydrogen-bond donors (Lipinski definition) is 0. The molecule has 0 amide bonds. The van der Waals surface area contributed by atoms with Gasteiger partial charge in [0, 0.05) is 9.50 Å². The minimum atomic E-state index is -0.599. The number of halogens is 3. The molecular weight excluding hydrogens is 315 g/mol. The topological polar surface area (TPSA) is 17.1 Å². The minimum absolute atomic E-state index is 0.0348. The van der Waals surface area contributed by atoms with E-state index in [9.17, 15) is 9.18 Å². The first-order chi connectivity index (χ1) is 7.59. The van der Waals surface area contributed by atoms with Crippen LogP contribution in [0.3, 0.4) is 0 Å². The van der Waals surface area contributed by atoms with E-state index in [0.717, 1.165) is 6.07 Å². The van der Waals surface area contributed by atoms with Crippen molar-refractivity contribution < 1.29 is 9.18 Å². The second-order valence-corrected chi connectivity index (χ2v) is 5.26. The lowest BCUT2D eigenvalue weighted by Crippen LogP contribution is -2.02. The molecule has 0 atom stereocenters. The summed E-state index contributed by atoms with van der Waals surface area (Å²) in [5, 5.41) is 2.05. The van der Waals surface area contributed by atoms with Crippen LogP contribution >= 0.6 is 38.9 Å². The molecule has 0 fully saturated rings. The standard InChI is InChI=1S/C11H5BrClFOS/c12-8-3-4-16-11(8)10(15)7-2-1-6(13)5-9(7)14/h1-5H. The Bertz CT molecular complexity index is 553. The van der Waals surface area contributed by atoms with Crippen LogP contribution in [0, 0.1) is 5.82 Å². The molecule has 0 N–H and O–H groups in total. The van der Waals surface area contributed by atoms with Crippen molar-refractivity contribution in [3.05, 3.63) is 55.4 Å². The number of hydrogen-bond acceptors (Lipinski definition) is 2. The average molecular weight is 320 g/mol. The Morgan fingerprint density at radius 2 is 2.12 bits per heavy atom. The van der Waals surface area contributed by atoms with E-state index in [2.05, 4.69) is 15.9 Å². The maximum atomic E-state index is 13.5. The molecule has 1 aromatic carbocycles. The second-order valence-electron chi connectivity index (χ2n) is 3.05. The highest BCUT2D eigenvalue weighted by atomic mass is 79.9. The van der Waals surface area contributed by atoms with Gasteiger partial charge in [-0.2, -0.15) is 0 Å². The van der Waals surface area contributed by atoms with Gasteiger partial charge in [-0.3, -0.25) is 4.79 Å². The smallest absolute Gasteiger partial charge is 0.207 e. The van der Waals surface area contributed by atoms with E-state index < -0.39 is 5.82 Å². The normalized spacial score (nSPS) is 10.4. The third-order valence-electron chi connectivity index (χ3n) is 2.00. The number of thiophene rings is 1. The quantitative estimate of drug-likeness (QED) is 0.743. The van der Waals surface area contributed by atoms with Gasteiger partial charge in [0.2, 0.25) is 5.78 Å². The highest BCUT2D eigenvalue weighted by molar-refractivity contribution is 9.10. The van der Waals surface area contributed by atoms with Gasteiger partial charge in [-0.05, 0) is 45.6 Å². The van der Waals surface area contributed by atoms with Gasteiger partial charge in [-0.25, -0.2) is 4.39 Å². The van der Waals surface area contributed by atoms with Crippen molar-refractivity contribution in [2.24, 2.45) is 0 Å². The fraction of sp³-hybridized carbons (Fsp3) is 0. The second kappa shape index (κ2) is 4.65. The van der Waals surface area contributed by atoms with Crippen molar-refractivity contribution >= 4 is 44.7 Å². The first-order valence-corrected chi connectivity index (χ1v) is 6.37. The third kappa shape index (κ3) is 2.19. The van der Waals surface area contributed by atoms with Crippen LogP contribution in [0.2, 0.25) is 5.02 Å². The predicted molar refractivity (Wildman–Crippen MR) is 66.9 cm³/mol. The van der Waals surface area contributed by atoms with Gasteiger partial charge in [0.25, 0.3) is 0 Å². The number of carbonyl (C=O) groups is 1. The fourth-order valence-electron chi connectivity index (χ4n) is 1.25. The number of rotatable bonds is 2. The monoisotopic (exact) mass is 318 g/mol. The van der Waals surface area contributed by atoms with E-state index in [-0.39, 0.29) is 16.4 Å². The predicted octanol–water partition coefficient (Wildman–Crippen LogP) is 4.53. The summed E-state index contributed by atoms with van der Waals surface area (Å²) >= 11 is 10.1. The summed E-state index contributed by atoms with van der Waals surface area (Å²) in [6.07, 6.45) is 0. The van der Waals surface area contributed by atoms with Gasteiger partial charge in [0.15, 0.2) is 0 Å². The highest BCUT2D eigenvalue weighted by Gasteiger charge is 2.17. The third-order valence-corrected chi connectivity index (χ3v) is 4.07. The molecule has 82 valence electrons. The Balaban J connectivity index is 2.46. The maximum absolute atomic E-state index is 13.5. The molecule has 0 aliphatic carbocycles. The Morgan fingerprint density at radius 3 is 2.69 bits per heavy atom. The van der Waals surface area contributed by atoms with Crippen LogP contribution in [0.4, 0.5) is 4.39 Å². The van der Waals surface area contributed by atoms with Gasteiger partial charge >= 0.3 is 0 Å². The zero-order chi connectivity index (χ0) is 11.7. The molecular formula is C11H5BrClFOS. The molecule has 0 bridgehead atoms. The SMILES string of the molecule is O=C(c1ccc(Cl)cc1F)c1sccc1Br. The number of carbonyl (C=O) groups excluding carboxylic acids is 1. The van der Waals surface area contributed by atoms with Gasteiger partial charge in [-0.15, -0.1) is 11.3 Å². The van der Waals surface area contributed by atoms with Crippen LogP contribution in [0.5, 0.6) is 0 Å². The van der Waals surface area contributed by atoms with Crippen molar-refractivity contribution in [2.75, 3.05) is 0 Å². The molecule has 0 aliphatic heterocycles. The van der Waals surface area contributed by atoms with Crippen molar-refractivity contribution in [1.82, 2.24) is 0 Å². The Labute approximate surface area is 109 Å². The Hall–Kier alpha value is -0.710. The van der Waals surface area contributed by atoms with Gasteiger partial charge < -0.3 is 0 Å². The summed E-state index contributed by atoms with van der Waals surface area (Å²) in [4.78, 5) is 12.4. The molecule has 2 rings (SSSR count). The van der Waals surface area contributed by atoms with E-state index >= 15 is 0 Å². The molecule has 0 saturated carbocycles. The molecule has 1 heterocycles. The van der Waals surface area contributed by atoms with Crippen molar-refractivity contribution in [1.29, 1.82) is 0 Å². The molecule has 1 nitrogen and oxygen atoms in total. The molecule has 0 saturated heterocycles. The molecule has 1 aromatic heterocycles.